The zero-order valence-electron chi connectivity index (χ0n) is 11.1. The van der Waals surface area contributed by atoms with E-state index >= 15 is 0 Å². The number of nitrogens with zero attached hydrogens (tertiary/aromatic N) is 1. The molecule has 2 aromatic rings. The monoisotopic (exact) mass is 321 g/mol. The van der Waals surface area contributed by atoms with Crippen molar-refractivity contribution in [3.8, 4) is 6.07 Å². The second kappa shape index (κ2) is 5.64. The van der Waals surface area contributed by atoms with Crippen LogP contribution in [0.1, 0.15) is 11.1 Å². The highest BCUT2D eigenvalue weighted by atomic mass is 35.5. The Morgan fingerprint density at radius 3 is 2.62 bits per heavy atom. The van der Waals surface area contributed by atoms with Gasteiger partial charge in [-0.25, -0.2) is 8.42 Å². The Hall–Kier alpha value is -2.23. The van der Waals surface area contributed by atoms with Crippen molar-refractivity contribution in [2.75, 3.05) is 10.5 Å². The number of nitrogens with one attached hydrogen (secondary N) is 1. The maximum atomic E-state index is 12.4. The number of nitrogen functional groups attached to an aromatic ring is 1. The van der Waals surface area contributed by atoms with Crippen LogP contribution < -0.4 is 10.5 Å². The van der Waals surface area contributed by atoms with E-state index in [1.54, 1.807) is 25.1 Å². The Morgan fingerprint density at radius 2 is 2.00 bits per heavy atom. The molecule has 2 rings (SSSR count). The highest BCUT2D eigenvalue weighted by Gasteiger charge is 2.21. The first-order valence-corrected chi connectivity index (χ1v) is 7.79. The summed E-state index contributed by atoms with van der Waals surface area (Å²) in [6.45, 7) is 1.73. The van der Waals surface area contributed by atoms with Crippen molar-refractivity contribution in [1.29, 1.82) is 5.26 Å². The summed E-state index contributed by atoms with van der Waals surface area (Å²) < 4.78 is 27.3. The Morgan fingerprint density at radius 1 is 1.29 bits per heavy atom. The van der Waals surface area contributed by atoms with Crippen LogP contribution in [0.3, 0.4) is 0 Å². The number of rotatable bonds is 3. The fourth-order valence-corrected chi connectivity index (χ4v) is 3.61. The molecule has 0 aliphatic carbocycles. The van der Waals surface area contributed by atoms with Gasteiger partial charge < -0.3 is 5.73 Å². The molecular weight excluding hydrogens is 310 g/mol. The van der Waals surface area contributed by atoms with Gasteiger partial charge in [-0.3, -0.25) is 4.72 Å². The van der Waals surface area contributed by atoms with Crippen LogP contribution in [-0.2, 0) is 10.0 Å². The third-order valence-electron chi connectivity index (χ3n) is 2.88. The number of nitriles is 1. The fraction of sp³-hybridized carbons (Fsp3) is 0.0714. The number of hydrogen-bond donors (Lipinski definition) is 2. The lowest BCUT2D eigenvalue weighted by atomic mass is 10.1. The van der Waals surface area contributed by atoms with Crippen LogP contribution in [0.2, 0.25) is 5.02 Å². The number of aryl methyl sites for hydroxylation is 1. The van der Waals surface area contributed by atoms with E-state index in [1.807, 2.05) is 6.07 Å². The molecule has 3 N–H and O–H groups in total. The van der Waals surface area contributed by atoms with Crippen LogP contribution >= 0.6 is 11.6 Å². The Balaban J connectivity index is 2.50. The van der Waals surface area contributed by atoms with E-state index in [0.29, 0.717) is 16.8 Å². The summed E-state index contributed by atoms with van der Waals surface area (Å²) in [6.07, 6.45) is 0. The first kappa shape index (κ1) is 15.2. The topological polar surface area (TPSA) is 96.0 Å². The molecule has 108 valence electrons. The number of hydrogen-bond acceptors (Lipinski definition) is 4. The molecular formula is C14H12ClN3O2S. The molecule has 21 heavy (non-hydrogen) atoms. The Bertz CT molecular complexity index is 822. The predicted molar refractivity (Wildman–Crippen MR) is 82.6 cm³/mol. The van der Waals surface area contributed by atoms with Gasteiger partial charge in [0.25, 0.3) is 10.0 Å². The molecule has 0 amide bonds. The molecule has 0 aliphatic rings. The molecule has 0 radical (unpaired) electrons. The van der Waals surface area contributed by atoms with E-state index in [1.165, 1.54) is 18.2 Å². The van der Waals surface area contributed by atoms with Gasteiger partial charge in [0.2, 0.25) is 0 Å². The molecule has 0 aliphatic heterocycles. The van der Waals surface area contributed by atoms with Crippen molar-refractivity contribution in [2.45, 2.75) is 11.8 Å². The van der Waals surface area contributed by atoms with Crippen LogP contribution in [-0.4, -0.2) is 8.42 Å². The van der Waals surface area contributed by atoms with Crippen molar-refractivity contribution in [3.05, 3.63) is 52.5 Å². The average Bonchev–Trinajstić information content (AvgIpc) is 2.40. The van der Waals surface area contributed by atoms with E-state index in [0.717, 1.165) is 0 Å². The number of benzene rings is 2. The minimum absolute atomic E-state index is 0.0385. The summed E-state index contributed by atoms with van der Waals surface area (Å²) in [5, 5.41) is 8.93. The molecule has 0 saturated heterocycles. The summed E-state index contributed by atoms with van der Waals surface area (Å²) in [6, 6.07) is 11.2. The average molecular weight is 322 g/mol. The second-order valence-electron chi connectivity index (χ2n) is 4.41. The summed E-state index contributed by atoms with van der Waals surface area (Å²) in [4.78, 5) is -0.173. The van der Waals surface area contributed by atoms with Gasteiger partial charge in [-0.2, -0.15) is 5.26 Å². The van der Waals surface area contributed by atoms with Gasteiger partial charge in [-0.15, -0.1) is 0 Å². The maximum absolute atomic E-state index is 12.4. The molecule has 0 spiro atoms. The first-order chi connectivity index (χ1) is 9.85. The van der Waals surface area contributed by atoms with E-state index < -0.39 is 10.0 Å². The highest BCUT2D eigenvalue weighted by Crippen LogP contribution is 2.29. The molecule has 0 saturated carbocycles. The Labute approximate surface area is 128 Å². The van der Waals surface area contributed by atoms with E-state index in [4.69, 9.17) is 22.6 Å². The number of sulfonamides is 1. The summed E-state index contributed by atoms with van der Waals surface area (Å²) >= 11 is 5.93. The van der Waals surface area contributed by atoms with Crippen LogP contribution in [0.5, 0.6) is 0 Å². The van der Waals surface area contributed by atoms with E-state index in [9.17, 15) is 8.42 Å². The van der Waals surface area contributed by atoms with Gasteiger partial charge in [-0.05, 0) is 36.8 Å². The molecule has 0 unspecified atom stereocenters. The van der Waals surface area contributed by atoms with E-state index in [2.05, 4.69) is 4.72 Å². The standard InChI is InChI=1S/C14H12ClN3O2S/c1-9-5-6-10(8-16)7-13(9)18-21(19,20)14-11(15)3-2-4-12(14)17/h2-7,18H,17H2,1H3. The summed E-state index contributed by atoms with van der Waals surface area (Å²) in [7, 11) is -3.94. The minimum Gasteiger partial charge on any atom is -0.398 e. The number of anilines is 2. The summed E-state index contributed by atoms with van der Waals surface area (Å²) in [5.41, 5.74) is 7.11. The third-order valence-corrected chi connectivity index (χ3v) is 4.79. The van der Waals surface area contributed by atoms with Gasteiger partial charge >= 0.3 is 0 Å². The second-order valence-corrected chi connectivity index (χ2v) is 6.43. The highest BCUT2D eigenvalue weighted by molar-refractivity contribution is 7.93. The Kier molecular flexibility index (Phi) is 4.07. The smallest absolute Gasteiger partial charge is 0.265 e. The van der Waals surface area contributed by atoms with E-state index in [-0.39, 0.29) is 15.6 Å². The van der Waals surface area contributed by atoms with Crippen LogP contribution in [0, 0.1) is 18.3 Å². The van der Waals surface area contributed by atoms with Gasteiger partial charge in [0, 0.05) is 0 Å². The zero-order chi connectivity index (χ0) is 15.6. The summed E-state index contributed by atoms with van der Waals surface area (Å²) in [5.74, 6) is 0. The molecule has 5 nitrogen and oxygen atoms in total. The lowest BCUT2D eigenvalue weighted by molar-refractivity contribution is 0.601. The molecule has 0 fully saturated rings. The molecule has 0 aromatic heterocycles. The van der Waals surface area contributed by atoms with Gasteiger partial charge in [-0.1, -0.05) is 23.7 Å². The zero-order valence-corrected chi connectivity index (χ0v) is 12.7. The predicted octanol–water partition coefficient (Wildman–Crippen LogP) is 2.90. The SMILES string of the molecule is Cc1ccc(C#N)cc1NS(=O)(=O)c1c(N)cccc1Cl. The molecule has 2 aromatic carbocycles. The quantitative estimate of drug-likeness (QED) is 0.849. The minimum atomic E-state index is -3.94. The molecule has 0 heterocycles. The van der Waals surface area contributed by atoms with Crippen molar-refractivity contribution >= 4 is 33.0 Å². The molecule has 0 bridgehead atoms. The third kappa shape index (κ3) is 3.10. The van der Waals surface area contributed by atoms with Crippen molar-refractivity contribution < 1.29 is 8.42 Å². The van der Waals surface area contributed by atoms with Gasteiger partial charge in [0.1, 0.15) is 4.90 Å². The molecule has 0 atom stereocenters. The molecule has 7 heteroatoms. The van der Waals surface area contributed by atoms with Crippen molar-refractivity contribution in [1.82, 2.24) is 0 Å². The van der Waals surface area contributed by atoms with Gasteiger partial charge in [0.15, 0.2) is 0 Å². The normalized spacial score (nSPS) is 10.9. The van der Waals surface area contributed by atoms with Crippen LogP contribution in [0.25, 0.3) is 0 Å². The van der Waals surface area contributed by atoms with Crippen molar-refractivity contribution in [3.63, 3.8) is 0 Å². The lowest BCUT2D eigenvalue weighted by Gasteiger charge is -2.13. The largest absolute Gasteiger partial charge is 0.398 e. The van der Waals surface area contributed by atoms with Gasteiger partial charge in [0.05, 0.1) is 28.0 Å². The van der Waals surface area contributed by atoms with Crippen LogP contribution in [0.4, 0.5) is 11.4 Å². The van der Waals surface area contributed by atoms with Crippen molar-refractivity contribution in [2.24, 2.45) is 0 Å². The lowest BCUT2D eigenvalue weighted by Crippen LogP contribution is -2.16. The maximum Gasteiger partial charge on any atom is 0.265 e. The number of nitrogens with two attached hydrogens (primary N) is 1. The number of halogens is 1. The first-order valence-electron chi connectivity index (χ1n) is 5.92. The van der Waals surface area contributed by atoms with Crippen LogP contribution in [0.15, 0.2) is 41.3 Å². The fourth-order valence-electron chi connectivity index (χ4n) is 1.81.